The number of aliphatic imine (C=N–C) groups is 1. The van der Waals surface area contributed by atoms with Gasteiger partial charge in [-0.05, 0) is 62.2 Å². The molecule has 0 saturated heterocycles. The summed E-state index contributed by atoms with van der Waals surface area (Å²) in [6, 6.07) is 0. The lowest BCUT2D eigenvalue weighted by molar-refractivity contribution is 0.123. The Morgan fingerprint density at radius 1 is 1.20 bits per heavy atom. The summed E-state index contributed by atoms with van der Waals surface area (Å²) in [6.45, 7) is 3.89. The molecule has 2 N–H and O–H groups in total. The molecule has 114 valence electrons. The van der Waals surface area contributed by atoms with E-state index in [1.54, 1.807) is 0 Å². The van der Waals surface area contributed by atoms with Crippen molar-refractivity contribution >= 4 is 5.96 Å². The van der Waals surface area contributed by atoms with E-state index in [0.29, 0.717) is 5.41 Å². The van der Waals surface area contributed by atoms with Crippen LogP contribution in [0.2, 0.25) is 0 Å². The summed E-state index contributed by atoms with van der Waals surface area (Å²) >= 11 is 0. The normalized spacial score (nSPS) is 24.6. The van der Waals surface area contributed by atoms with E-state index >= 15 is 0 Å². The monoisotopic (exact) mass is 279 g/mol. The van der Waals surface area contributed by atoms with Crippen LogP contribution >= 0.6 is 0 Å². The van der Waals surface area contributed by atoms with Crippen LogP contribution in [-0.2, 0) is 4.74 Å². The SMILES string of the molecule is CN=C(NCCCOCC1CC1)NCC1(C2CC2)CC1. The summed E-state index contributed by atoms with van der Waals surface area (Å²) in [6.07, 6.45) is 9.53. The number of ether oxygens (including phenoxy) is 1. The second-order valence-corrected chi connectivity index (χ2v) is 6.86. The van der Waals surface area contributed by atoms with Gasteiger partial charge in [-0.2, -0.15) is 0 Å². The highest BCUT2D eigenvalue weighted by atomic mass is 16.5. The van der Waals surface area contributed by atoms with E-state index in [4.69, 9.17) is 4.74 Å². The van der Waals surface area contributed by atoms with Gasteiger partial charge in [0.05, 0.1) is 0 Å². The highest BCUT2D eigenvalue weighted by Gasteiger charge is 2.53. The molecule has 0 aromatic heterocycles. The molecule has 3 aliphatic carbocycles. The van der Waals surface area contributed by atoms with Gasteiger partial charge >= 0.3 is 0 Å². The molecule has 20 heavy (non-hydrogen) atoms. The number of hydrogen-bond donors (Lipinski definition) is 2. The van der Waals surface area contributed by atoms with Crippen LogP contribution in [0.1, 0.15) is 44.9 Å². The Morgan fingerprint density at radius 2 is 2.00 bits per heavy atom. The Bertz CT molecular complexity index is 344. The molecule has 0 amide bonds. The standard InChI is InChI=1S/C16H29N3O/c1-17-15(18-9-2-10-20-11-13-3-4-13)19-12-16(7-8-16)14-5-6-14/h13-14H,2-12H2,1H3,(H2,17,18,19). The molecule has 0 aliphatic heterocycles. The number of nitrogens with one attached hydrogen (secondary N) is 2. The molecule has 0 atom stereocenters. The lowest BCUT2D eigenvalue weighted by Crippen LogP contribution is -2.41. The number of hydrogen-bond acceptors (Lipinski definition) is 2. The molecule has 4 nitrogen and oxygen atoms in total. The Labute approximate surface area is 122 Å². The van der Waals surface area contributed by atoms with E-state index in [1.165, 1.54) is 38.5 Å². The molecule has 0 unspecified atom stereocenters. The van der Waals surface area contributed by atoms with Crippen molar-refractivity contribution in [2.24, 2.45) is 22.2 Å². The van der Waals surface area contributed by atoms with Crippen LogP contribution in [-0.4, -0.2) is 39.3 Å². The van der Waals surface area contributed by atoms with Gasteiger partial charge in [0.1, 0.15) is 0 Å². The first kappa shape index (κ1) is 14.2. The van der Waals surface area contributed by atoms with E-state index in [2.05, 4.69) is 15.6 Å². The molecule has 0 aromatic rings. The predicted molar refractivity (Wildman–Crippen MR) is 81.9 cm³/mol. The van der Waals surface area contributed by atoms with Crippen molar-refractivity contribution in [3.63, 3.8) is 0 Å². The third-order valence-electron chi connectivity index (χ3n) is 4.98. The van der Waals surface area contributed by atoms with Gasteiger partial charge in [-0.3, -0.25) is 4.99 Å². The fourth-order valence-electron chi connectivity index (χ4n) is 2.98. The molecule has 0 bridgehead atoms. The summed E-state index contributed by atoms with van der Waals surface area (Å²) in [5.74, 6) is 2.83. The van der Waals surface area contributed by atoms with Gasteiger partial charge in [-0.15, -0.1) is 0 Å². The first-order chi connectivity index (χ1) is 9.82. The van der Waals surface area contributed by atoms with Crippen molar-refractivity contribution in [3.8, 4) is 0 Å². The smallest absolute Gasteiger partial charge is 0.190 e. The molecular weight excluding hydrogens is 250 g/mol. The number of guanidine groups is 1. The quantitative estimate of drug-likeness (QED) is 0.386. The van der Waals surface area contributed by atoms with Crippen LogP contribution in [0.5, 0.6) is 0 Å². The Balaban J connectivity index is 1.23. The molecule has 0 spiro atoms. The molecule has 4 heteroatoms. The zero-order valence-corrected chi connectivity index (χ0v) is 12.8. The Hall–Kier alpha value is -0.770. The third-order valence-corrected chi connectivity index (χ3v) is 4.98. The van der Waals surface area contributed by atoms with Crippen molar-refractivity contribution in [1.29, 1.82) is 0 Å². The van der Waals surface area contributed by atoms with Gasteiger partial charge in [0.2, 0.25) is 0 Å². The summed E-state index contributed by atoms with van der Waals surface area (Å²) in [5.41, 5.74) is 0.630. The molecule has 3 saturated carbocycles. The van der Waals surface area contributed by atoms with Crippen LogP contribution in [0.3, 0.4) is 0 Å². The van der Waals surface area contributed by atoms with Crippen molar-refractivity contribution in [3.05, 3.63) is 0 Å². The molecule has 0 heterocycles. The van der Waals surface area contributed by atoms with E-state index in [-0.39, 0.29) is 0 Å². The molecule has 3 rings (SSSR count). The lowest BCUT2D eigenvalue weighted by atomic mass is 10.0. The maximum Gasteiger partial charge on any atom is 0.190 e. The van der Waals surface area contributed by atoms with Gasteiger partial charge < -0.3 is 15.4 Å². The van der Waals surface area contributed by atoms with Crippen LogP contribution in [0, 0.1) is 17.3 Å². The van der Waals surface area contributed by atoms with E-state index in [0.717, 1.165) is 50.5 Å². The van der Waals surface area contributed by atoms with Crippen LogP contribution in [0.15, 0.2) is 4.99 Å². The Morgan fingerprint density at radius 3 is 2.60 bits per heavy atom. The van der Waals surface area contributed by atoms with Crippen molar-refractivity contribution in [2.75, 3.05) is 33.4 Å². The second kappa shape index (κ2) is 6.33. The second-order valence-electron chi connectivity index (χ2n) is 6.86. The number of nitrogens with zero attached hydrogens (tertiary/aromatic N) is 1. The van der Waals surface area contributed by atoms with Gasteiger partial charge in [0.15, 0.2) is 5.96 Å². The van der Waals surface area contributed by atoms with Gasteiger partial charge in [-0.1, -0.05) is 0 Å². The summed E-state index contributed by atoms with van der Waals surface area (Å²) < 4.78 is 5.64. The highest BCUT2D eigenvalue weighted by molar-refractivity contribution is 5.79. The van der Waals surface area contributed by atoms with Crippen molar-refractivity contribution in [2.45, 2.75) is 44.9 Å². The van der Waals surface area contributed by atoms with Crippen molar-refractivity contribution in [1.82, 2.24) is 10.6 Å². The lowest BCUT2D eigenvalue weighted by Gasteiger charge is -2.18. The first-order valence-corrected chi connectivity index (χ1v) is 8.35. The summed E-state index contributed by atoms with van der Waals surface area (Å²) in [4.78, 5) is 4.31. The molecular formula is C16H29N3O. The summed E-state index contributed by atoms with van der Waals surface area (Å²) in [7, 11) is 1.86. The van der Waals surface area contributed by atoms with Gasteiger partial charge in [0, 0.05) is 33.4 Å². The van der Waals surface area contributed by atoms with E-state index in [9.17, 15) is 0 Å². The van der Waals surface area contributed by atoms with Crippen LogP contribution in [0.4, 0.5) is 0 Å². The number of rotatable bonds is 9. The first-order valence-electron chi connectivity index (χ1n) is 8.35. The van der Waals surface area contributed by atoms with Gasteiger partial charge in [0.25, 0.3) is 0 Å². The van der Waals surface area contributed by atoms with Crippen LogP contribution in [0.25, 0.3) is 0 Å². The minimum atomic E-state index is 0.630. The van der Waals surface area contributed by atoms with Crippen LogP contribution < -0.4 is 10.6 Å². The largest absolute Gasteiger partial charge is 0.381 e. The zero-order valence-electron chi connectivity index (χ0n) is 12.8. The Kier molecular flexibility index (Phi) is 4.49. The minimum absolute atomic E-state index is 0.630. The fraction of sp³-hybridized carbons (Fsp3) is 0.938. The van der Waals surface area contributed by atoms with E-state index in [1.807, 2.05) is 7.05 Å². The molecule has 0 radical (unpaired) electrons. The predicted octanol–water partition coefficient (Wildman–Crippen LogP) is 2.16. The average molecular weight is 279 g/mol. The maximum absolute atomic E-state index is 5.64. The molecule has 0 aromatic carbocycles. The molecule has 3 aliphatic rings. The summed E-state index contributed by atoms with van der Waals surface area (Å²) in [5, 5.41) is 6.90. The topological polar surface area (TPSA) is 45.7 Å². The zero-order chi connectivity index (χ0) is 13.8. The van der Waals surface area contributed by atoms with E-state index < -0.39 is 0 Å². The third kappa shape index (κ3) is 4.11. The highest BCUT2D eigenvalue weighted by Crippen LogP contribution is 2.60. The fourth-order valence-corrected chi connectivity index (χ4v) is 2.98. The van der Waals surface area contributed by atoms with Gasteiger partial charge in [-0.25, -0.2) is 0 Å². The molecule has 3 fully saturated rings. The minimum Gasteiger partial charge on any atom is -0.381 e. The average Bonchev–Trinajstić information content (AvgIpc) is 3.26. The maximum atomic E-state index is 5.64. The van der Waals surface area contributed by atoms with Crippen molar-refractivity contribution < 1.29 is 4.74 Å².